The maximum Gasteiger partial charge on any atom is 0.126 e. The van der Waals surface area contributed by atoms with Gasteiger partial charge in [0.1, 0.15) is 11.5 Å². The van der Waals surface area contributed by atoms with E-state index in [1.54, 1.807) is 14.2 Å². The van der Waals surface area contributed by atoms with Crippen molar-refractivity contribution >= 4 is 94.1 Å². The Labute approximate surface area is 575 Å². The molecule has 0 aliphatic rings. The van der Waals surface area contributed by atoms with Gasteiger partial charge in [-0.3, -0.25) is 0 Å². The minimum absolute atomic E-state index is 0.821. The highest BCUT2D eigenvalue weighted by Gasteiger charge is 2.16. The van der Waals surface area contributed by atoms with Gasteiger partial charge in [-0.1, -0.05) is 223 Å². The van der Waals surface area contributed by atoms with Gasteiger partial charge in [0.15, 0.2) is 0 Å². The maximum atomic E-state index is 5.81. The highest BCUT2D eigenvalue weighted by Crippen LogP contribution is 2.38. The van der Waals surface area contributed by atoms with Crippen LogP contribution in [-0.2, 0) is 0 Å². The van der Waals surface area contributed by atoms with Crippen molar-refractivity contribution in [3.05, 3.63) is 297 Å². The van der Waals surface area contributed by atoms with Crippen LogP contribution in [0.15, 0.2) is 231 Å². The number of hydrogen-bond acceptors (Lipinski definition) is 6. The normalized spacial score (nSPS) is 11.4. The van der Waals surface area contributed by atoms with Gasteiger partial charge in [-0.2, -0.15) is 0 Å². The summed E-state index contributed by atoms with van der Waals surface area (Å²) in [4.78, 5) is 9.65. The van der Waals surface area contributed by atoms with Crippen molar-refractivity contribution in [3.8, 4) is 11.5 Å². The smallest absolute Gasteiger partial charge is 0.126 e. The van der Waals surface area contributed by atoms with E-state index >= 15 is 0 Å². The van der Waals surface area contributed by atoms with E-state index in [0.29, 0.717) is 0 Å². The predicted octanol–water partition coefficient (Wildman–Crippen LogP) is 25.1. The summed E-state index contributed by atoms with van der Waals surface area (Å²) in [6.07, 6.45) is 27.1. The molecule has 10 aromatic rings. The molecule has 0 amide bonds. The van der Waals surface area contributed by atoms with Crippen molar-refractivity contribution in [3.63, 3.8) is 0 Å². The zero-order valence-electron chi connectivity index (χ0n) is 58.6. The first-order valence-corrected chi connectivity index (χ1v) is 34.8. The molecular formula is C90H100N4O2. The van der Waals surface area contributed by atoms with Crippen LogP contribution in [0, 0.1) is 27.7 Å². The molecule has 0 bridgehead atoms. The van der Waals surface area contributed by atoms with E-state index in [4.69, 9.17) is 9.47 Å². The minimum atomic E-state index is 0.821. The summed E-state index contributed by atoms with van der Waals surface area (Å²) >= 11 is 0. The fraction of sp³-hybridized carbons (Fsp3) is 0.244. The minimum Gasteiger partial charge on any atom is -0.496 e. The third kappa shape index (κ3) is 20.0. The van der Waals surface area contributed by atoms with Gasteiger partial charge in [-0.05, 0) is 218 Å². The van der Waals surface area contributed by atoms with Crippen LogP contribution in [0.25, 0.3) is 48.6 Å². The van der Waals surface area contributed by atoms with Crippen molar-refractivity contribution in [1.82, 2.24) is 0 Å². The molecule has 0 aliphatic heterocycles. The van der Waals surface area contributed by atoms with E-state index in [0.717, 1.165) is 94.1 Å². The molecule has 0 aromatic heterocycles. The fourth-order valence-electron chi connectivity index (χ4n) is 11.9. The zero-order chi connectivity index (χ0) is 67.4. The van der Waals surface area contributed by atoms with E-state index in [2.05, 4.69) is 354 Å². The maximum absolute atomic E-state index is 5.81. The third-order valence-electron chi connectivity index (χ3n) is 17.6. The van der Waals surface area contributed by atoms with Crippen LogP contribution in [0.4, 0.5) is 45.5 Å². The van der Waals surface area contributed by atoms with Crippen molar-refractivity contribution < 1.29 is 9.47 Å². The lowest BCUT2D eigenvalue weighted by Gasteiger charge is -2.25. The van der Waals surface area contributed by atoms with Gasteiger partial charge in [-0.15, -0.1) is 0 Å². The number of rotatable bonds is 30. The van der Waals surface area contributed by atoms with Crippen LogP contribution < -0.4 is 29.1 Å². The summed E-state index contributed by atoms with van der Waals surface area (Å²) in [5.41, 5.74) is 23.5. The van der Waals surface area contributed by atoms with Crippen LogP contribution in [0.1, 0.15) is 146 Å². The number of anilines is 8. The highest BCUT2D eigenvalue weighted by atomic mass is 16.5. The summed E-state index contributed by atoms with van der Waals surface area (Å²) in [5, 5.41) is 0. The number of benzene rings is 10. The van der Waals surface area contributed by atoms with Crippen LogP contribution >= 0.6 is 0 Å². The summed E-state index contributed by atoms with van der Waals surface area (Å²) < 4.78 is 11.6. The molecule has 0 N–H and O–H groups in total. The van der Waals surface area contributed by atoms with Crippen molar-refractivity contribution in [2.24, 2.45) is 0 Å². The molecule has 492 valence electrons. The van der Waals surface area contributed by atoms with Gasteiger partial charge < -0.3 is 29.1 Å². The number of aryl methyl sites for hydroxylation is 4. The molecule has 0 aliphatic carbocycles. The lowest BCUT2D eigenvalue weighted by atomic mass is 9.98. The summed E-state index contributed by atoms with van der Waals surface area (Å²) in [7, 11) is 3.45. The Bertz CT molecular complexity index is 3830. The van der Waals surface area contributed by atoms with Crippen LogP contribution in [0.3, 0.4) is 0 Å². The monoisotopic (exact) mass is 1270 g/mol. The lowest BCUT2D eigenvalue weighted by molar-refractivity contribution is 0.401. The van der Waals surface area contributed by atoms with Gasteiger partial charge >= 0.3 is 0 Å². The van der Waals surface area contributed by atoms with Gasteiger partial charge in [0.25, 0.3) is 0 Å². The van der Waals surface area contributed by atoms with Gasteiger partial charge in [0.05, 0.1) is 14.2 Å². The Balaban J connectivity index is 0.000000229. The predicted molar refractivity (Wildman–Crippen MR) is 420 cm³/mol. The first-order chi connectivity index (χ1) is 47.0. The first-order valence-electron chi connectivity index (χ1n) is 34.8. The number of nitrogens with zero attached hydrogens (tertiary/aromatic N) is 4. The second-order valence-electron chi connectivity index (χ2n) is 25.0. The molecule has 10 aromatic carbocycles. The molecule has 0 unspecified atom stereocenters. The number of methoxy groups -OCH3 is 2. The molecule has 10 rings (SSSR count). The lowest BCUT2D eigenvalue weighted by Crippen LogP contribution is -2.25. The van der Waals surface area contributed by atoms with E-state index in [1.807, 2.05) is 0 Å². The molecular weight excluding hydrogens is 1170 g/mol. The van der Waals surface area contributed by atoms with Crippen LogP contribution in [0.5, 0.6) is 11.5 Å². The average molecular weight is 1270 g/mol. The van der Waals surface area contributed by atoms with E-state index < -0.39 is 0 Å². The molecule has 0 saturated carbocycles. The summed E-state index contributed by atoms with van der Waals surface area (Å²) in [6, 6.07) is 82.5. The van der Waals surface area contributed by atoms with E-state index in [1.165, 1.54) is 107 Å². The second-order valence-corrected chi connectivity index (χ2v) is 25.0. The Hall–Kier alpha value is -10.0. The van der Waals surface area contributed by atoms with E-state index in [-0.39, 0.29) is 0 Å². The Morgan fingerprint density at radius 3 is 0.844 bits per heavy atom. The van der Waals surface area contributed by atoms with Crippen molar-refractivity contribution in [2.75, 3.05) is 60.0 Å². The molecule has 0 atom stereocenters. The molecule has 6 heteroatoms. The number of ether oxygens (including phenoxy) is 2. The third-order valence-corrected chi connectivity index (χ3v) is 17.6. The molecule has 0 spiro atoms. The largest absolute Gasteiger partial charge is 0.496 e. The van der Waals surface area contributed by atoms with Gasteiger partial charge in [0, 0.05) is 82.8 Å². The van der Waals surface area contributed by atoms with Gasteiger partial charge in [-0.25, -0.2) is 0 Å². The SMILES string of the molecule is CCCCN(CCCC)c1ccc(/C=C/c2cc(OC)c(/C=C/c3ccc(N(CCCC)CCCC)cc3)cc2OC)cc1.Cc1cccc(N(c2ccccc2)c2ccc(/C=C/c3cc(C)c(/C=C/c4ccc(N(c5ccccc5)c5cccc(C)c5)cc4)cc3C)cc2)c1. The number of unbranched alkanes of at least 4 members (excludes halogenated alkanes) is 4. The molecule has 0 radical (unpaired) electrons. The highest BCUT2D eigenvalue weighted by molar-refractivity contribution is 5.83. The van der Waals surface area contributed by atoms with Crippen LogP contribution in [0.2, 0.25) is 0 Å². The fourth-order valence-corrected chi connectivity index (χ4v) is 11.9. The summed E-state index contributed by atoms with van der Waals surface area (Å²) in [5.74, 6) is 1.64. The van der Waals surface area contributed by atoms with Gasteiger partial charge in [0.2, 0.25) is 0 Å². The van der Waals surface area contributed by atoms with Crippen LogP contribution in [-0.4, -0.2) is 40.4 Å². The Morgan fingerprint density at radius 2 is 0.552 bits per heavy atom. The molecule has 0 heterocycles. The average Bonchev–Trinajstić information content (AvgIpc) is 0.848. The molecule has 96 heavy (non-hydrogen) atoms. The van der Waals surface area contributed by atoms with Crippen molar-refractivity contribution in [1.29, 1.82) is 0 Å². The molecule has 6 nitrogen and oxygen atoms in total. The quantitative estimate of drug-likeness (QED) is 0.0417. The standard InChI is InChI=1S/C50H44N2.C40H56N2O2/c1-37-13-11-19-49(33-37)51(45-15-7-5-8-16-45)47-29-23-41(24-30-47)21-27-43-35-40(4)44(36-39(43)3)28-22-42-25-31-48(32-26-42)52(46-17-9-6-10-18-46)50-20-12-14-38(2)34-50;1-7-11-27-41(28-12-8-2)37-23-17-33(18-24-37)15-21-35-31-40(44-6)36(32-39(35)43-5)22-16-34-19-25-38(26-20-34)42(29-13-9-3)30-14-10-4/h5-36H,1-4H3;15-26,31-32H,7-14,27-30H2,1-6H3/b27-21+,28-22+;21-15+,22-16+. The first kappa shape index (κ1) is 70.3. The molecule has 0 saturated heterocycles. The number of para-hydroxylation sites is 2. The summed E-state index contributed by atoms with van der Waals surface area (Å²) in [6.45, 7) is 22.2. The Morgan fingerprint density at radius 1 is 0.271 bits per heavy atom. The Kier molecular flexibility index (Phi) is 26.8. The second kappa shape index (κ2) is 36.6. The molecule has 0 fully saturated rings. The zero-order valence-corrected chi connectivity index (χ0v) is 58.6. The topological polar surface area (TPSA) is 31.4 Å². The van der Waals surface area contributed by atoms with E-state index in [9.17, 15) is 0 Å². The number of hydrogen-bond donors (Lipinski definition) is 0. The van der Waals surface area contributed by atoms with Crippen molar-refractivity contribution in [2.45, 2.75) is 107 Å².